The fraction of sp³-hybridized carbons (Fsp3) is 0.820. The summed E-state index contributed by atoms with van der Waals surface area (Å²) in [7, 11) is 0. The molecule has 0 aliphatic carbocycles. The Labute approximate surface area is 416 Å². The molecule has 6 nitrogen and oxygen atoms in total. The van der Waals surface area contributed by atoms with E-state index in [1.54, 1.807) is 0 Å². The van der Waals surface area contributed by atoms with Crippen molar-refractivity contribution >= 4 is 17.9 Å². The van der Waals surface area contributed by atoms with E-state index in [1.165, 1.54) is 180 Å². The van der Waals surface area contributed by atoms with Crippen LogP contribution in [0.3, 0.4) is 0 Å². The van der Waals surface area contributed by atoms with Crippen molar-refractivity contribution in [1.82, 2.24) is 0 Å². The molecule has 1 atom stereocenters. The smallest absolute Gasteiger partial charge is 0.306 e. The first-order chi connectivity index (χ1) is 33.0. The van der Waals surface area contributed by atoms with Crippen molar-refractivity contribution in [3.8, 4) is 0 Å². The molecule has 0 aromatic rings. The molecule has 0 aliphatic heterocycles. The molecule has 0 amide bonds. The topological polar surface area (TPSA) is 78.9 Å². The summed E-state index contributed by atoms with van der Waals surface area (Å²) in [4.78, 5) is 38.2. The third kappa shape index (κ3) is 54.2. The fourth-order valence-corrected chi connectivity index (χ4v) is 8.35. The Bertz CT molecular complexity index is 1170. The van der Waals surface area contributed by atoms with Gasteiger partial charge in [-0.15, -0.1) is 0 Å². The molecule has 0 spiro atoms. The number of ether oxygens (including phenoxy) is 3. The number of carbonyl (C=O) groups is 3. The lowest BCUT2D eigenvalue weighted by Crippen LogP contribution is -2.30. The minimum absolute atomic E-state index is 0.0798. The molecule has 0 rings (SSSR count). The second-order valence-electron chi connectivity index (χ2n) is 19.5. The van der Waals surface area contributed by atoms with Crippen molar-refractivity contribution in [3.05, 3.63) is 48.6 Å². The molecule has 0 aromatic heterocycles. The van der Waals surface area contributed by atoms with Gasteiger partial charge in [-0.2, -0.15) is 0 Å². The van der Waals surface area contributed by atoms with Gasteiger partial charge in [-0.05, 0) is 103 Å². The minimum atomic E-state index is -0.782. The molecule has 0 bridgehead atoms. The highest BCUT2D eigenvalue weighted by atomic mass is 16.6. The molecule has 0 heterocycles. The number of hydrogen-bond donors (Lipinski definition) is 0. The Morgan fingerprint density at radius 3 is 0.866 bits per heavy atom. The molecule has 0 aliphatic rings. The van der Waals surface area contributed by atoms with Gasteiger partial charge in [0.1, 0.15) is 13.2 Å². The number of hydrogen-bond acceptors (Lipinski definition) is 6. The summed E-state index contributed by atoms with van der Waals surface area (Å²) in [5, 5.41) is 0. The molecule has 0 saturated carbocycles. The largest absolute Gasteiger partial charge is 0.462 e. The Morgan fingerprint density at radius 2 is 0.537 bits per heavy atom. The van der Waals surface area contributed by atoms with E-state index in [0.29, 0.717) is 19.3 Å². The second-order valence-corrected chi connectivity index (χ2v) is 19.5. The molecule has 1 unspecified atom stereocenters. The van der Waals surface area contributed by atoms with E-state index in [2.05, 4.69) is 69.4 Å². The van der Waals surface area contributed by atoms with Crippen LogP contribution in [0, 0.1) is 0 Å². The summed E-state index contributed by atoms with van der Waals surface area (Å²) in [5.41, 5.74) is 0. The zero-order valence-electron chi connectivity index (χ0n) is 44.7. The molecule has 67 heavy (non-hydrogen) atoms. The Balaban J connectivity index is 4.37. The highest BCUT2D eigenvalue weighted by Gasteiger charge is 2.19. The molecule has 390 valence electrons. The van der Waals surface area contributed by atoms with Gasteiger partial charge in [-0.3, -0.25) is 14.4 Å². The molecular weight excluding hydrogens is 829 g/mol. The van der Waals surface area contributed by atoms with Gasteiger partial charge in [0.05, 0.1) is 0 Å². The van der Waals surface area contributed by atoms with Gasteiger partial charge in [0.2, 0.25) is 0 Å². The monoisotopic (exact) mass is 939 g/mol. The van der Waals surface area contributed by atoms with Gasteiger partial charge >= 0.3 is 17.9 Å². The maximum absolute atomic E-state index is 12.8. The maximum Gasteiger partial charge on any atom is 0.306 e. The van der Waals surface area contributed by atoms with Crippen LogP contribution >= 0.6 is 0 Å². The first kappa shape index (κ1) is 64.4. The molecule has 0 aromatic carbocycles. The summed E-state index contributed by atoms with van der Waals surface area (Å²) in [5.74, 6) is -0.888. The first-order valence-corrected chi connectivity index (χ1v) is 29.1. The first-order valence-electron chi connectivity index (χ1n) is 29.1. The normalized spacial score (nSPS) is 12.3. The van der Waals surface area contributed by atoms with E-state index in [1.807, 2.05) is 0 Å². The Morgan fingerprint density at radius 1 is 0.299 bits per heavy atom. The third-order valence-corrected chi connectivity index (χ3v) is 12.8. The van der Waals surface area contributed by atoms with Crippen LogP contribution < -0.4 is 0 Å². The molecule has 6 heteroatoms. The maximum atomic E-state index is 12.8. The molecule has 0 radical (unpaired) electrons. The molecule has 0 fully saturated rings. The van der Waals surface area contributed by atoms with Crippen LogP contribution in [0.2, 0.25) is 0 Å². The van der Waals surface area contributed by atoms with Crippen LogP contribution in [0.5, 0.6) is 0 Å². The zero-order valence-corrected chi connectivity index (χ0v) is 44.7. The van der Waals surface area contributed by atoms with Gasteiger partial charge in [-0.1, -0.05) is 230 Å². The average Bonchev–Trinajstić information content (AvgIpc) is 3.33. The van der Waals surface area contributed by atoms with E-state index in [-0.39, 0.29) is 31.1 Å². The zero-order chi connectivity index (χ0) is 48.6. The van der Waals surface area contributed by atoms with Gasteiger partial charge < -0.3 is 14.2 Å². The van der Waals surface area contributed by atoms with E-state index in [0.717, 1.165) is 83.5 Å². The SMILES string of the molecule is CCCCC/C=C\C/C=C\CCCCCCCCCCCC(=O)OCC(COC(=O)CCCCCCC/C=C\CCCCCCC)OC(=O)CCCCCCC/C=C\CCCCCCCCC. The highest BCUT2D eigenvalue weighted by Crippen LogP contribution is 2.15. The minimum Gasteiger partial charge on any atom is -0.462 e. The summed E-state index contributed by atoms with van der Waals surface area (Å²) >= 11 is 0. The predicted octanol–water partition coefficient (Wildman–Crippen LogP) is 19.4. The highest BCUT2D eigenvalue weighted by molar-refractivity contribution is 5.71. The molecule has 0 saturated heterocycles. The van der Waals surface area contributed by atoms with E-state index < -0.39 is 6.10 Å². The van der Waals surface area contributed by atoms with Crippen molar-refractivity contribution in [3.63, 3.8) is 0 Å². The molecule has 0 N–H and O–H groups in total. The van der Waals surface area contributed by atoms with Crippen molar-refractivity contribution in [2.24, 2.45) is 0 Å². The van der Waals surface area contributed by atoms with Crippen molar-refractivity contribution in [2.75, 3.05) is 13.2 Å². The van der Waals surface area contributed by atoms with E-state index in [9.17, 15) is 14.4 Å². The predicted molar refractivity (Wildman–Crippen MR) is 289 cm³/mol. The quantitative estimate of drug-likeness (QED) is 0.0262. The Hall–Kier alpha value is -2.63. The average molecular weight is 940 g/mol. The number of rotatable bonds is 53. The third-order valence-electron chi connectivity index (χ3n) is 12.8. The second kappa shape index (κ2) is 56.0. The summed E-state index contributed by atoms with van der Waals surface area (Å²) in [6.07, 6.45) is 68.1. The summed E-state index contributed by atoms with van der Waals surface area (Å²) < 4.78 is 16.9. The summed E-state index contributed by atoms with van der Waals surface area (Å²) in [6.45, 7) is 6.62. The van der Waals surface area contributed by atoms with Crippen LogP contribution in [-0.4, -0.2) is 37.2 Å². The van der Waals surface area contributed by atoms with Crippen LogP contribution in [-0.2, 0) is 28.6 Å². The van der Waals surface area contributed by atoms with Crippen molar-refractivity contribution in [2.45, 2.75) is 309 Å². The lowest BCUT2D eigenvalue weighted by Gasteiger charge is -2.18. The number of allylic oxidation sites excluding steroid dienone is 8. The van der Waals surface area contributed by atoms with Crippen LogP contribution in [0.4, 0.5) is 0 Å². The summed E-state index contributed by atoms with van der Waals surface area (Å²) in [6, 6.07) is 0. The number of unbranched alkanes of at least 4 members (excludes halogenated alkanes) is 34. The van der Waals surface area contributed by atoms with Crippen LogP contribution in [0.15, 0.2) is 48.6 Å². The lowest BCUT2D eigenvalue weighted by atomic mass is 10.1. The van der Waals surface area contributed by atoms with E-state index >= 15 is 0 Å². The van der Waals surface area contributed by atoms with Gasteiger partial charge in [0.15, 0.2) is 6.10 Å². The van der Waals surface area contributed by atoms with Crippen LogP contribution in [0.25, 0.3) is 0 Å². The van der Waals surface area contributed by atoms with Gasteiger partial charge in [0, 0.05) is 19.3 Å². The van der Waals surface area contributed by atoms with Gasteiger partial charge in [-0.25, -0.2) is 0 Å². The number of esters is 3. The lowest BCUT2D eigenvalue weighted by molar-refractivity contribution is -0.167. The van der Waals surface area contributed by atoms with Crippen LogP contribution in [0.1, 0.15) is 303 Å². The van der Waals surface area contributed by atoms with Crippen molar-refractivity contribution in [1.29, 1.82) is 0 Å². The molecular formula is C61H110O6. The van der Waals surface area contributed by atoms with E-state index in [4.69, 9.17) is 14.2 Å². The standard InChI is InChI=1S/C61H110O6/c1-4-7-10-13-16-19-22-25-28-30-31-32-34-36-39-42-45-48-51-54-60(63)66-57-58(56-65-59(62)53-50-47-44-41-38-35-27-24-21-18-15-12-9-6-3)67-61(64)55-52-49-46-43-40-37-33-29-26-23-20-17-14-11-8-5-2/h16,19,24-25,27-29,33,58H,4-15,17-18,20-23,26,30-32,34-57H2,1-3H3/b19-16-,27-24-,28-25-,33-29-. The Kier molecular flexibility index (Phi) is 53.8. The van der Waals surface area contributed by atoms with Crippen molar-refractivity contribution < 1.29 is 28.6 Å². The fourth-order valence-electron chi connectivity index (χ4n) is 8.35. The van der Waals surface area contributed by atoms with Gasteiger partial charge in [0.25, 0.3) is 0 Å². The number of carbonyl (C=O) groups excluding carboxylic acids is 3.